The van der Waals surface area contributed by atoms with Crippen LogP contribution in [0.25, 0.3) is 0 Å². The molecular formula is C29H33F2N3O4S. The van der Waals surface area contributed by atoms with Crippen molar-refractivity contribution in [2.45, 2.75) is 45.3 Å². The van der Waals surface area contributed by atoms with Gasteiger partial charge in [-0.15, -0.1) is 0 Å². The first-order valence-corrected chi connectivity index (χ1v) is 14.4. The van der Waals surface area contributed by atoms with Gasteiger partial charge in [0.1, 0.15) is 24.2 Å². The second-order valence-corrected chi connectivity index (χ2v) is 11.3. The number of rotatable bonds is 12. The molecule has 2 atom stereocenters. The van der Waals surface area contributed by atoms with Gasteiger partial charge in [-0.25, -0.2) is 17.2 Å². The fourth-order valence-corrected chi connectivity index (χ4v) is 4.88. The normalized spacial score (nSPS) is 12.8. The lowest BCUT2D eigenvalue weighted by Crippen LogP contribution is -2.54. The van der Waals surface area contributed by atoms with Gasteiger partial charge in [-0.3, -0.25) is 13.9 Å². The SMILES string of the molecule is CC[C@@H](C)NC(=O)[C@@H](Cc1ccccc1)N(Cc1ccccc1F)C(=O)CN(c1ccc(F)cc1)S(C)(=O)=O. The van der Waals surface area contributed by atoms with Gasteiger partial charge in [0.05, 0.1) is 11.9 Å². The average Bonchev–Trinajstić information content (AvgIpc) is 2.90. The van der Waals surface area contributed by atoms with Gasteiger partial charge < -0.3 is 10.2 Å². The summed E-state index contributed by atoms with van der Waals surface area (Å²) >= 11 is 0. The van der Waals surface area contributed by atoms with Gasteiger partial charge in [-0.2, -0.15) is 0 Å². The minimum absolute atomic E-state index is 0.0850. The van der Waals surface area contributed by atoms with Crippen LogP contribution in [0.4, 0.5) is 14.5 Å². The van der Waals surface area contributed by atoms with Gasteiger partial charge in [0, 0.05) is 24.6 Å². The highest BCUT2D eigenvalue weighted by Gasteiger charge is 2.33. The molecule has 208 valence electrons. The van der Waals surface area contributed by atoms with Crippen LogP contribution in [0.2, 0.25) is 0 Å². The maximum atomic E-state index is 14.7. The zero-order valence-electron chi connectivity index (χ0n) is 22.2. The third kappa shape index (κ3) is 8.35. The number of carbonyl (C=O) groups is 2. The molecule has 2 amide bonds. The van der Waals surface area contributed by atoms with Crippen molar-refractivity contribution in [2.75, 3.05) is 17.1 Å². The first-order valence-electron chi connectivity index (χ1n) is 12.6. The molecule has 0 aromatic heterocycles. The van der Waals surface area contributed by atoms with Crippen molar-refractivity contribution >= 4 is 27.5 Å². The molecule has 3 rings (SSSR count). The Morgan fingerprint density at radius 1 is 0.923 bits per heavy atom. The minimum atomic E-state index is -3.98. The van der Waals surface area contributed by atoms with E-state index in [1.165, 1.54) is 35.2 Å². The molecule has 1 N–H and O–H groups in total. The molecule has 0 radical (unpaired) electrons. The van der Waals surface area contributed by atoms with E-state index in [0.29, 0.717) is 6.42 Å². The lowest BCUT2D eigenvalue weighted by molar-refractivity contribution is -0.140. The molecule has 10 heteroatoms. The maximum Gasteiger partial charge on any atom is 0.244 e. The van der Waals surface area contributed by atoms with Crippen LogP contribution in [0.3, 0.4) is 0 Å². The van der Waals surface area contributed by atoms with Crippen LogP contribution >= 0.6 is 0 Å². The van der Waals surface area contributed by atoms with Crippen molar-refractivity contribution in [2.24, 2.45) is 0 Å². The summed E-state index contributed by atoms with van der Waals surface area (Å²) in [5.74, 6) is -2.28. The van der Waals surface area contributed by atoms with Crippen molar-refractivity contribution in [3.8, 4) is 0 Å². The van der Waals surface area contributed by atoms with Crippen molar-refractivity contribution < 1.29 is 26.8 Å². The van der Waals surface area contributed by atoms with E-state index in [1.807, 2.05) is 44.2 Å². The molecule has 0 fully saturated rings. The number of hydrogen-bond donors (Lipinski definition) is 1. The topological polar surface area (TPSA) is 86.8 Å². The predicted molar refractivity (Wildman–Crippen MR) is 147 cm³/mol. The maximum absolute atomic E-state index is 14.7. The summed E-state index contributed by atoms with van der Waals surface area (Å²) in [7, 11) is -3.98. The number of benzene rings is 3. The first-order chi connectivity index (χ1) is 18.5. The lowest BCUT2D eigenvalue weighted by atomic mass is 10.0. The monoisotopic (exact) mass is 557 g/mol. The van der Waals surface area contributed by atoms with Gasteiger partial charge in [-0.05, 0) is 49.2 Å². The second-order valence-electron chi connectivity index (χ2n) is 9.38. The van der Waals surface area contributed by atoms with E-state index in [9.17, 15) is 26.8 Å². The number of nitrogens with one attached hydrogen (secondary N) is 1. The Bertz CT molecular complexity index is 1370. The highest BCUT2D eigenvalue weighted by molar-refractivity contribution is 7.92. The highest BCUT2D eigenvalue weighted by Crippen LogP contribution is 2.21. The molecule has 0 unspecified atom stereocenters. The fraction of sp³-hybridized carbons (Fsp3) is 0.310. The van der Waals surface area contributed by atoms with E-state index >= 15 is 0 Å². The van der Waals surface area contributed by atoms with Crippen LogP contribution in [0, 0.1) is 11.6 Å². The van der Waals surface area contributed by atoms with Gasteiger partial charge in [0.2, 0.25) is 21.8 Å². The molecule has 0 saturated heterocycles. The smallest absolute Gasteiger partial charge is 0.244 e. The van der Waals surface area contributed by atoms with Crippen LogP contribution in [0.5, 0.6) is 0 Å². The number of anilines is 1. The lowest BCUT2D eigenvalue weighted by Gasteiger charge is -2.34. The second kappa shape index (κ2) is 13.3. The molecule has 7 nitrogen and oxygen atoms in total. The summed E-state index contributed by atoms with van der Waals surface area (Å²) in [6.45, 7) is 2.81. The number of carbonyl (C=O) groups excluding carboxylic acids is 2. The van der Waals surface area contributed by atoms with Crippen LogP contribution in [-0.4, -0.2) is 50.0 Å². The van der Waals surface area contributed by atoms with Crippen LogP contribution in [0.1, 0.15) is 31.4 Å². The number of sulfonamides is 1. The van der Waals surface area contributed by atoms with E-state index < -0.39 is 46.1 Å². The van der Waals surface area contributed by atoms with Crippen LogP contribution in [0.15, 0.2) is 78.9 Å². The summed E-state index contributed by atoms with van der Waals surface area (Å²) in [4.78, 5) is 28.7. The number of amides is 2. The van der Waals surface area contributed by atoms with E-state index in [1.54, 1.807) is 6.07 Å². The molecule has 39 heavy (non-hydrogen) atoms. The number of halogens is 2. The quantitative estimate of drug-likeness (QED) is 0.360. The van der Waals surface area contributed by atoms with Gasteiger partial charge in [0.15, 0.2) is 0 Å². The Morgan fingerprint density at radius 3 is 2.13 bits per heavy atom. The molecule has 3 aromatic carbocycles. The largest absolute Gasteiger partial charge is 0.352 e. The summed E-state index contributed by atoms with van der Waals surface area (Å²) in [6, 6.07) is 18.4. The number of nitrogens with zero attached hydrogens (tertiary/aromatic N) is 2. The Kier molecular flexibility index (Phi) is 10.2. The zero-order chi connectivity index (χ0) is 28.6. The summed E-state index contributed by atoms with van der Waals surface area (Å²) in [6.07, 6.45) is 1.71. The molecule has 3 aromatic rings. The Morgan fingerprint density at radius 2 is 1.54 bits per heavy atom. The van der Waals surface area contributed by atoms with Gasteiger partial charge >= 0.3 is 0 Å². The first kappa shape index (κ1) is 29.8. The Balaban J connectivity index is 2.06. The third-order valence-electron chi connectivity index (χ3n) is 6.36. The van der Waals surface area contributed by atoms with Crippen LogP contribution in [-0.2, 0) is 32.6 Å². The molecule has 0 aliphatic carbocycles. The summed E-state index contributed by atoms with van der Waals surface area (Å²) < 4.78 is 54.5. The molecule has 0 bridgehead atoms. The standard InChI is InChI=1S/C29H33F2N3O4S/c1-4-21(2)32-29(36)27(18-22-10-6-5-7-11-22)33(19-23-12-8-9-13-26(23)31)28(35)20-34(39(3,37)38)25-16-14-24(30)15-17-25/h5-17,21,27H,4,18-20H2,1-3H3,(H,32,36)/t21-,27-/m1/s1. The summed E-state index contributed by atoms with van der Waals surface area (Å²) in [5, 5.41) is 2.91. The van der Waals surface area contributed by atoms with Crippen molar-refractivity contribution in [1.82, 2.24) is 10.2 Å². The molecule has 0 saturated carbocycles. The molecule has 0 aliphatic rings. The van der Waals surface area contributed by atoms with E-state index in [0.717, 1.165) is 28.3 Å². The summed E-state index contributed by atoms with van der Waals surface area (Å²) in [5.41, 5.74) is 1.03. The Labute approximate surface area is 228 Å². The van der Waals surface area contributed by atoms with Crippen molar-refractivity contribution in [1.29, 1.82) is 0 Å². The highest BCUT2D eigenvalue weighted by atomic mass is 32.2. The van der Waals surface area contributed by atoms with E-state index in [2.05, 4.69) is 5.32 Å². The fourth-order valence-electron chi connectivity index (χ4n) is 4.03. The Hall–Kier alpha value is -3.79. The van der Waals surface area contributed by atoms with Crippen LogP contribution < -0.4 is 9.62 Å². The van der Waals surface area contributed by atoms with Gasteiger partial charge in [0.25, 0.3) is 0 Å². The van der Waals surface area contributed by atoms with Crippen molar-refractivity contribution in [3.63, 3.8) is 0 Å². The molecule has 0 aliphatic heterocycles. The van der Waals surface area contributed by atoms with E-state index in [-0.39, 0.29) is 30.3 Å². The minimum Gasteiger partial charge on any atom is -0.352 e. The molecular weight excluding hydrogens is 524 g/mol. The van der Waals surface area contributed by atoms with Gasteiger partial charge in [-0.1, -0.05) is 55.5 Å². The van der Waals surface area contributed by atoms with Crippen molar-refractivity contribution in [3.05, 3.63) is 102 Å². The average molecular weight is 558 g/mol. The predicted octanol–water partition coefficient (Wildman–Crippen LogP) is 4.29. The number of hydrogen-bond acceptors (Lipinski definition) is 4. The third-order valence-corrected chi connectivity index (χ3v) is 7.51. The molecule has 0 spiro atoms. The molecule has 0 heterocycles. The van der Waals surface area contributed by atoms with E-state index in [4.69, 9.17) is 0 Å². The zero-order valence-corrected chi connectivity index (χ0v) is 23.0.